The van der Waals surface area contributed by atoms with E-state index in [2.05, 4.69) is 45.1 Å². The topological polar surface area (TPSA) is 54.4 Å². The van der Waals surface area contributed by atoms with E-state index in [0.717, 1.165) is 49.1 Å². The molecular formula is C21H21N5O. The molecule has 2 aliphatic rings. The van der Waals surface area contributed by atoms with Crippen molar-refractivity contribution in [2.45, 2.75) is 6.42 Å². The van der Waals surface area contributed by atoms with E-state index in [-0.39, 0.29) is 0 Å². The number of ether oxygens (including phenoxy) is 1. The highest BCUT2D eigenvalue weighted by Gasteiger charge is 2.29. The Kier molecular flexibility index (Phi) is 4.18. The van der Waals surface area contributed by atoms with Gasteiger partial charge in [-0.05, 0) is 30.7 Å². The van der Waals surface area contributed by atoms with Gasteiger partial charge in [-0.2, -0.15) is 4.98 Å². The van der Waals surface area contributed by atoms with E-state index in [1.165, 1.54) is 11.3 Å². The van der Waals surface area contributed by atoms with E-state index in [4.69, 9.17) is 14.7 Å². The van der Waals surface area contributed by atoms with Crippen LogP contribution in [0.3, 0.4) is 0 Å². The molecule has 0 unspecified atom stereocenters. The molecule has 0 amide bonds. The zero-order valence-electron chi connectivity index (χ0n) is 15.1. The molecule has 2 aliphatic heterocycles. The number of hydrogen-bond acceptors (Lipinski definition) is 6. The monoisotopic (exact) mass is 359 g/mol. The van der Waals surface area contributed by atoms with Crippen LogP contribution in [0, 0.1) is 0 Å². The predicted octanol–water partition coefficient (Wildman–Crippen LogP) is 3.07. The molecule has 6 nitrogen and oxygen atoms in total. The molecule has 0 saturated carbocycles. The molecule has 6 heteroatoms. The van der Waals surface area contributed by atoms with Crippen molar-refractivity contribution in [3.63, 3.8) is 0 Å². The second-order valence-corrected chi connectivity index (χ2v) is 6.75. The number of fused-ring (bicyclic) bond motifs is 1. The van der Waals surface area contributed by atoms with Gasteiger partial charge in [0, 0.05) is 48.8 Å². The van der Waals surface area contributed by atoms with Gasteiger partial charge in [0.15, 0.2) is 0 Å². The van der Waals surface area contributed by atoms with Gasteiger partial charge in [-0.25, -0.2) is 4.98 Å². The molecular weight excluding hydrogens is 338 g/mol. The Morgan fingerprint density at radius 1 is 0.889 bits per heavy atom. The maximum Gasteiger partial charge on any atom is 0.228 e. The average Bonchev–Trinajstić information content (AvgIpc) is 3.19. The number of nitrogens with zero attached hydrogens (tertiary/aromatic N) is 5. The van der Waals surface area contributed by atoms with Crippen molar-refractivity contribution in [2.24, 2.45) is 0 Å². The predicted molar refractivity (Wildman–Crippen MR) is 105 cm³/mol. The second kappa shape index (κ2) is 6.96. The molecule has 2 aromatic heterocycles. The third-order valence-corrected chi connectivity index (χ3v) is 5.11. The molecule has 0 spiro atoms. The standard InChI is InChI=1S/C21H21N5O/c1-2-6-17(7-3-1)26-10-8-18-19(16-5-4-9-22-15-16)23-21(24-20(18)26)25-11-13-27-14-12-25/h1-7,9,15H,8,10-14H2. The number of benzene rings is 1. The smallest absolute Gasteiger partial charge is 0.228 e. The molecule has 1 saturated heterocycles. The Labute approximate surface area is 158 Å². The minimum Gasteiger partial charge on any atom is -0.378 e. The summed E-state index contributed by atoms with van der Waals surface area (Å²) in [6, 6.07) is 14.5. The summed E-state index contributed by atoms with van der Waals surface area (Å²) < 4.78 is 5.50. The SMILES string of the molecule is c1ccc(N2CCc3c(-c4cccnc4)nc(N4CCOCC4)nc32)cc1. The molecule has 1 aromatic carbocycles. The summed E-state index contributed by atoms with van der Waals surface area (Å²) in [5, 5.41) is 0. The van der Waals surface area contributed by atoms with E-state index in [1.807, 2.05) is 18.3 Å². The van der Waals surface area contributed by atoms with E-state index in [9.17, 15) is 0 Å². The fourth-order valence-electron chi connectivity index (χ4n) is 3.75. The maximum absolute atomic E-state index is 5.50. The van der Waals surface area contributed by atoms with Gasteiger partial charge in [-0.1, -0.05) is 18.2 Å². The summed E-state index contributed by atoms with van der Waals surface area (Å²) in [6.07, 6.45) is 4.61. The molecule has 5 rings (SSSR count). The summed E-state index contributed by atoms with van der Waals surface area (Å²) in [5.74, 6) is 1.79. The quantitative estimate of drug-likeness (QED) is 0.716. The van der Waals surface area contributed by atoms with Crippen molar-refractivity contribution in [1.29, 1.82) is 0 Å². The molecule has 0 aliphatic carbocycles. The third kappa shape index (κ3) is 3.02. The van der Waals surface area contributed by atoms with Crippen LogP contribution in [0.1, 0.15) is 5.56 Å². The van der Waals surface area contributed by atoms with Crippen molar-refractivity contribution in [2.75, 3.05) is 42.6 Å². The second-order valence-electron chi connectivity index (χ2n) is 6.75. The molecule has 27 heavy (non-hydrogen) atoms. The Hall–Kier alpha value is -2.99. The molecule has 4 heterocycles. The van der Waals surface area contributed by atoms with Crippen LogP contribution in [0.4, 0.5) is 17.5 Å². The molecule has 1 fully saturated rings. The normalized spacial score (nSPS) is 16.4. The van der Waals surface area contributed by atoms with Gasteiger partial charge in [0.25, 0.3) is 0 Å². The van der Waals surface area contributed by atoms with Crippen LogP contribution in [-0.2, 0) is 11.2 Å². The zero-order valence-corrected chi connectivity index (χ0v) is 15.1. The number of morpholine rings is 1. The number of hydrogen-bond donors (Lipinski definition) is 0. The van der Waals surface area contributed by atoms with E-state index >= 15 is 0 Å². The lowest BCUT2D eigenvalue weighted by Gasteiger charge is -2.28. The minimum absolute atomic E-state index is 0.713. The van der Waals surface area contributed by atoms with Crippen LogP contribution >= 0.6 is 0 Å². The van der Waals surface area contributed by atoms with Crippen molar-refractivity contribution in [3.8, 4) is 11.3 Å². The van der Waals surface area contributed by atoms with Crippen molar-refractivity contribution in [1.82, 2.24) is 15.0 Å². The van der Waals surface area contributed by atoms with Crippen LogP contribution < -0.4 is 9.80 Å². The highest BCUT2D eigenvalue weighted by molar-refractivity contribution is 5.76. The molecule has 3 aromatic rings. The number of anilines is 3. The largest absolute Gasteiger partial charge is 0.378 e. The Morgan fingerprint density at radius 3 is 2.52 bits per heavy atom. The maximum atomic E-state index is 5.50. The Balaban J connectivity index is 1.65. The summed E-state index contributed by atoms with van der Waals surface area (Å²) in [7, 11) is 0. The Bertz CT molecular complexity index is 926. The zero-order chi connectivity index (χ0) is 18.1. The lowest BCUT2D eigenvalue weighted by atomic mass is 10.1. The number of para-hydroxylation sites is 1. The molecule has 0 N–H and O–H groups in total. The van der Waals surface area contributed by atoms with Crippen molar-refractivity contribution < 1.29 is 4.74 Å². The van der Waals surface area contributed by atoms with Crippen molar-refractivity contribution >= 4 is 17.5 Å². The summed E-state index contributed by atoms with van der Waals surface area (Å²) >= 11 is 0. The van der Waals surface area contributed by atoms with E-state index in [1.54, 1.807) is 6.20 Å². The van der Waals surface area contributed by atoms with Crippen LogP contribution in [0.2, 0.25) is 0 Å². The molecule has 136 valence electrons. The molecule has 0 radical (unpaired) electrons. The highest BCUT2D eigenvalue weighted by Crippen LogP contribution is 2.38. The van der Waals surface area contributed by atoms with Gasteiger partial charge in [-0.15, -0.1) is 0 Å². The number of rotatable bonds is 3. The Morgan fingerprint density at radius 2 is 1.74 bits per heavy atom. The molecule has 0 bridgehead atoms. The lowest BCUT2D eigenvalue weighted by molar-refractivity contribution is 0.122. The fourth-order valence-corrected chi connectivity index (χ4v) is 3.75. The summed E-state index contributed by atoms with van der Waals surface area (Å²) in [5.41, 5.74) is 4.40. The first kappa shape index (κ1) is 16.2. The van der Waals surface area contributed by atoms with Gasteiger partial charge in [0.05, 0.1) is 18.9 Å². The van der Waals surface area contributed by atoms with Crippen LogP contribution in [0.15, 0.2) is 54.9 Å². The van der Waals surface area contributed by atoms with Gasteiger partial charge in [-0.3, -0.25) is 4.98 Å². The van der Waals surface area contributed by atoms with Crippen LogP contribution in [-0.4, -0.2) is 47.8 Å². The summed E-state index contributed by atoms with van der Waals surface area (Å²) in [4.78, 5) is 18.7. The average molecular weight is 359 g/mol. The lowest BCUT2D eigenvalue weighted by Crippen LogP contribution is -2.37. The van der Waals surface area contributed by atoms with E-state index < -0.39 is 0 Å². The van der Waals surface area contributed by atoms with Crippen LogP contribution in [0.5, 0.6) is 0 Å². The van der Waals surface area contributed by atoms with Gasteiger partial charge in [0.1, 0.15) is 5.82 Å². The fraction of sp³-hybridized carbons (Fsp3) is 0.286. The van der Waals surface area contributed by atoms with Crippen LogP contribution in [0.25, 0.3) is 11.3 Å². The first-order valence-electron chi connectivity index (χ1n) is 9.37. The first-order chi connectivity index (χ1) is 13.4. The highest BCUT2D eigenvalue weighted by atomic mass is 16.5. The number of aromatic nitrogens is 3. The minimum atomic E-state index is 0.713. The van der Waals surface area contributed by atoms with Crippen molar-refractivity contribution in [3.05, 3.63) is 60.4 Å². The third-order valence-electron chi connectivity index (χ3n) is 5.11. The van der Waals surface area contributed by atoms with Gasteiger partial charge >= 0.3 is 0 Å². The van der Waals surface area contributed by atoms with Gasteiger partial charge < -0.3 is 14.5 Å². The number of pyridine rings is 1. The molecule has 0 atom stereocenters. The van der Waals surface area contributed by atoms with Gasteiger partial charge in [0.2, 0.25) is 5.95 Å². The first-order valence-corrected chi connectivity index (χ1v) is 9.37. The summed E-state index contributed by atoms with van der Waals surface area (Å²) in [6.45, 7) is 3.97. The van der Waals surface area contributed by atoms with E-state index in [0.29, 0.717) is 13.2 Å².